The third-order valence-electron chi connectivity index (χ3n) is 4.49. The topological polar surface area (TPSA) is 45.7 Å². The van der Waals surface area contributed by atoms with Crippen LogP contribution >= 0.6 is 11.6 Å². The predicted octanol–water partition coefficient (Wildman–Crippen LogP) is 3.74. The molecule has 1 saturated carbocycles. The van der Waals surface area contributed by atoms with Crippen molar-refractivity contribution in [3.05, 3.63) is 34.9 Å². The highest BCUT2D eigenvalue weighted by atomic mass is 35.5. The van der Waals surface area contributed by atoms with Gasteiger partial charge in [0.05, 0.1) is 6.54 Å². The molecular weight excluding hydrogens is 322 g/mol. The number of guanidine groups is 1. The summed E-state index contributed by atoms with van der Waals surface area (Å²) in [5.41, 5.74) is 1.50. The van der Waals surface area contributed by atoms with Crippen LogP contribution in [-0.2, 0) is 10.2 Å². The molecule has 0 unspecified atom stereocenters. The van der Waals surface area contributed by atoms with Crippen LogP contribution in [0.25, 0.3) is 0 Å². The first kappa shape index (κ1) is 19.1. The number of aliphatic imine (C=N–C) groups is 1. The number of methoxy groups -OCH3 is 1. The van der Waals surface area contributed by atoms with E-state index in [0.717, 1.165) is 50.1 Å². The number of halogens is 1. The van der Waals surface area contributed by atoms with Crippen LogP contribution in [0, 0.1) is 0 Å². The Morgan fingerprint density at radius 1 is 1.25 bits per heavy atom. The molecule has 134 valence electrons. The maximum absolute atomic E-state index is 6.14. The van der Waals surface area contributed by atoms with Crippen LogP contribution in [0.15, 0.2) is 29.3 Å². The fourth-order valence-corrected chi connectivity index (χ4v) is 3.02. The lowest BCUT2D eigenvalue weighted by atomic mass is 9.96. The molecule has 0 atom stereocenters. The first-order valence-electron chi connectivity index (χ1n) is 8.97. The fourth-order valence-electron chi connectivity index (χ4n) is 2.83. The number of rotatable bonds is 10. The Kier molecular flexibility index (Phi) is 7.86. The Hall–Kier alpha value is -1.26. The van der Waals surface area contributed by atoms with Gasteiger partial charge in [0.25, 0.3) is 0 Å². The van der Waals surface area contributed by atoms with Crippen LogP contribution in [0.5, 0.6) is 0 Å². The Labute approximate surface area is 151 Å². The third kappa shape index (κ3) is 5.99. The van der Waals surface area contributed by atoms with Gasteiger partial charge in [0.1, 0.15) is 0 Å². The van der Waals surface area contributed by atoms with Crippen LogP contribution in [-0.4, -0.2) is 39.3 Å². The smallest absolute Gasteiger partial charge is 0.191 e. The van der Waals surface area contributed by atoms with Gasteiger partial charge in [-0.1, -0.05) is 23.7 Å². The second kappa shape index (κ2) is 9.90. The SMILES string of the molecule is CCNC(=NCC1(c2cccc(Cl)c2)CC1)NCCCCCOC. The summed E-state index contributed by atoms with van der Waals surface area (Å²) in [4.78, 5) is 4.81. The highest BCUT2D eigenvalue weighted by Crippen LogP contribution is 2.48. The molecule has 1 aliphatic rings. The summed E-state index contributed by atoms with van der Waals surface area (Å²) >= 11 is 6.14. The van der Waals surface area contributed by atoms with Crippen molar-refractivity contribution in [2.45, 2.75) is 44.4 Å². The summed E-state index contributed by atoms with van der Waals surface area (Å²) in [6, 6.07) is 8.22. The van der Waals surface area contributed by atoms with Crippen molar-refractivity contribution in [2.75, 3.05) is 33.4 Å². The van der Waals surface area contributed by atoms with E-state index in [0.29, 0.717) is 0 Å². The van der Waals surface area contributed by atoms with Crippen molar-refractivity contribution in [2.24, 2.45) is 4.99 Å². The zero-order valence-electron chi connectivity index (χ0n) is 14.9. The van der Waals surface area contributed by atoms with Gasteiger partial charge >= 0.3 is 0 Å². The third-order valence-corrected chi connectivity index (χ3v) is 4.73. The van der Waals surface area contributed by atoms with Crippen LogP contribution in [0.3, 0.4) is 0 Å². The van der Waals surface area contributed by atoms with Crippen LogP contribution in [0.4, 0.5) is 0 Å². The van der Waals surface area contributed by atoms with E-state index in [1.165, 1.54) is 24.8 Å². The van der Waals surface area contributed by atoms with Gasteiger partial charge in [-0.05, 0) is 56.7 Å². The first-order valence-corrected chi connectivity index (χ1v) is 9.35. The van der Waals surface area contributed by atoms with Crippen LogP contribution in [0.1, 0.15) is 44.6 Å². The second-order valence-electron chi connectivity index (χ2n) is 6.47. The number of hydrogen-bond donors (Lipinski definition) is 2. The fraction of sp³-hybridized carbons (Fsp3) is 0.632. The molecule has 0 radical (unpaired) electrons. The first-order chi connectivity index (χ1) is 11.7. The molecule has 1 aromatic carbocycles. The number of nitrogens with one attached hydrogen (secondary N) is 2. The van der Waals surface area contributed by atoms with Crippen molar-refractivity contribution in [3.8, 4) is 0 Å². The minimum atomic E-state index is 0.186. The predicted molar refractivity (Wildman–Crippen MR) is 102 cm³/mol. The summed E-state index contributed by atoms with van der Waals surface area (Å²) in [6.45, 7) is 5.57. The zero-order chi connectivity index (χ0) is 17.3. The van der Waals surface area contributed by atoms with E-state index in [1.54, 1.807) is 7.11 Å². The standard InChI is InChI=1S/C19H30ClN3O/c1-3-21-18(22-12-5-4-6-13-24-2)23-15-19(10-11-19)16-8-7-9-17(20)14-16/h7-9,14H,3-6,10-13,15H2,1-2H3,(H2,21,22,23). The lowest BCUT2D eigenvalue weighted by molar-refractivity contribution is 0.192. The van der Waals surface area contributed by atoms with Crippen LogP contribution < -0.4 is 10.6 Å². The normalized spacial score (nSPS) is 16.0. The minimum Gasteiger partial charge on any atom is -0.385 e. The van der Waals surface area contributed by atoms with E-state index in [-0.39, 0.29) is 5.41 Å². The summed E-state index contributed by atoms with van der Waals surface area (Å²) in [5, 5.41) is 7.58. The Morgan fingerprint density at radius 3 is 2.75 bits per heavy atom. The van der Waals surface area contributed by atoms with E-state index >= 15 is 0 Å². The van der Waals surface area contributed by atoms with E-state index in [9.17, 15) is 0 Å². The average molecular weight is 352 g/mol. The molecule has 2 rings (SSSR count). The molecule has 0 spiro atoms. The van der Waals surface area contributed by atoms with Gasteiger partial charge in [0, 0.05) is 37.2 Å². The number of unbranched alkanes of at least 4 members (excludes halogenated alkanes) is 2. The minimum absolute atomic E-state index is 0.186. The maximum Gasteiger partial charge on any atom is 0.191 e. The molecule has 4 nitrogen and oxygen atoms in total. The summed E-state index contributed by atoms with van der Waals surface area (Å²) in [7, 11) is 1.75. The molecular formula is C19H30ClN3O. The van der Waals surface area contributed by atoms with Gasteiger partial charge < -0.3 is 15.4 Å². The molecule has 0 aliphatic heterocycles. The van der Waals surface area contributed by atoms with Gasteiger partial charge in [-0.3, -0.25) is 4.99 Å². The van der Waals surface area contributed by atoms with Gasteiger partial charge in [0.15, 0.2) is 5.96 Å². The average Bonchev–Trinajstić information content (AvgIpc) is 3.37. The van der Waals surface area contributed by atoms with E-state index in [1.807, 2.05) is 12.1 Å². The van der Waals surface area contributed by atoms with Gasteiger partial charge in [-0.2, -0.15) is 0 Å². The molecule has 0 saturated heterocycles. The lowest BCUT2D eigenvalue weighted by Crippen LogP contribution is -2.38. The molecule has 1 fully saturated rings. The molecule has 1 aliphatic carbocycles. The maximum atomic E-state index is 6.14. The van der Waals surface area contributed by atoms with E-state index in [4.69, 9.17) is 21.3 Å². The monoisotopic (exact) mass is 351 g/mol. The summed E-state index contributed by atoms with van der Waals surface area (Å²) in [6.07, 6.45) is 5.80. The zero-order valence-corrected chi connectivity index (χ0v) is 15.7. The quantitative estimate of drug-likeness (QED) is 0.383. The Balaban J connectivity index is 1.84. The van der Waals surface area contributed by atoms with Gasteiger partial charge in [-0.25, -0.2) is 0 Å². The summed E-state index contributed by atoms with van der Waals surface area (Å²) in [5.74, 6) is 0.914. The van der Waals surface area contributed by atoms with Crippen LogP contribution in [0.2, 0.25) is 5.02 Å². The molecule has 1 aromatic rings. The number of benzene rings is 1. The molecule has 0 bridgehead atoms. The highest BCUT2D eigenvalue weighted by molar-refractivity contribution is 6.30. The van der Waals surface area contributed by atoms with Crippen molar-refractivity contribution in [1.82, 2.24) is 10.6 Å². The highest BCUT2D eigenvalue weighted by Gasteiger charge is 2.44. The van der Waals surface area contributed by atoms with E-state index in [2.05, 4.69) is 29.7 Å². The second-order valence-corrected chi connectivity index (χ2v) is 6.90. The molecule has 0 aromatic heterocycles. The number of hydrogen-bond acceptors (Lipinski definition) is 2. The molecule has 0 amide bonds. The number of ether oxygens (including phenoxy) is 1. The molecule has 5 heteroatoms. The van der Waals surface area contributed by atoms with E-state index < -0.39 is 0 Å². The Bertz CT molecular complexity index is 529. The van der Waals surface area contributed by atoms with Gasteiger partial charge in [0.2, 0.25) is 0 Å². The molecule has 24 heavy (non-hydrogen) atoms. The summed E-state index contributed by atoms with van der Waals surface area (Å²) < 4.78 is 5.08. The van der Waals surface area contributed by atoms with Crippen molar-refractivity contribution in [3.63, 3.8) is 0 Å². The number of nitrogens with zero attached hydrogens (tertiary/aromatic N) is 1. The molecule has 0 heterocycles. The molecule has 2 N–H and O–H groups in total. The lowest BCUT2D eigenvalue weighted by Gasteiger charge is -2.16. The van der Waals surface area contributed by atoms with Gasteiger partial charge in [-0.15, -0.1) is 0 Å². The van der Waals surface area contributed by atoms with Crippen molar-refractivity contribution >= 4 is 17.6 Å². The van der Waals surface area contributed by atoms with Crippen molar-refractivity contribution in [1.29, 1.82) is 0 Å². The largest absolute Gasteiger partial charge is 0.385 e. The van der Waals surface area contributed by atoms with Crippen molar-refractivity contribution < 1.29 is 4.74 Å². The Morgan fingerprint density at radius 2 is 2.08 bits per heavy atom.